The predicted octanol–water partition coefficient (Wildman–Crippen LogP) is 2.31. The summed E-state index contributed by atoms with van der Waals surface area (Å²) in [5.74, 6) is 0.0537. The monoisotopic (exact) mass is 278 g/mol. The summed E-state index contributed by atoms with van der Waals surface area (Å²) in [7, 11) is -3.19. The molecule has 4 nitrogen and oxygen atoms in total. The molecule has 0 unspecified atom stereocenters. The standard InChI is InChI=1S/C11H18O4S2/c1-3-14-10(15-4-2)7-9-17(12,13)11-6-5-8-16-11/h5-6,8,10H,3-4,7,9H2,1-2H3. The molecule has 1 heterocycles. The van der Waals surface area contributed by atoms with Crippen LogP contribution < -0.4 is 0 Å². The number of hydrogen-bond acceptors (Lipinski definition) is 5. The molecule has 0 amide bonds. The summed E-state index contributed by atoms with van der Waals surface area (Å²) in [5.41, 5.74) is 0. The molecule has 0 aliphatic carbocycles. The Labute approximate surface area is 106 Å². The number of rotatable bonds is 8. The van der Waals surface area contributed by atoms with Crippen molar-refractivity contribution in [2.75, 3.05) is 19.0 Å². The average molecular weight is 278 g/mol. The van der Waals surface area contributed by atoms with Crippen molar-refractivity contribution in [3.63, 3.8) is 0 Å². The fraction of sp³-hybridized carbons (Fsp3) is 0.636. The molecule has 1 aromatic rings. The summed E-state index contributed by atoms with van der Waals surface area (Å²) in [6.07, 6.45) is -0.0678. The molecule has 0 aromatic carbocycles. The minimum Gasteiger partial charge on any atom is -0.353 e. The van der Waals surface area contributed by atoms with Crippen molar-refractivity contribution < 1.29 is 17.9 Å². The smallest absolute Gasteiger partial charge is 0.187 e. The highest BCUT2D eigenvalue weighted by Crippen LogP contribution is 2.19. The summed E-state index contributed by atoms with van der Waals surface area (Å²) < 4.78 is 34.8. The molecule has 0 bridgehead atoms. The van der Waals surface area contributed by atoms with Crippen LogP contribution in [0.15, 0.2) is 21.7 Å². The molecule has 0 atom stereocenters. The van der Waals surface area contributed by atoms with Crippen LogP contribution in [0.4, 0.5) is 0 Å². The minimum atomic E-state index is -3.19. The molecule has 1 aromatic heterocycles. The topological polar surface area (TPSA) is 52.6 Å². The van der Waals surface area contributed by atoms with Gasteiger partial charge in [-0.2, -0.15) is 0 Å². The van der Waals surface area contributed by atoms with Crippen molar-refractivity contribution in [1.82, 2.24) is 0 Å². The van der Waals surface area contributed by atoms with Gasteiger partial charge in [0, 0.05) is 19.6 Å². The molecule has 0 aliphatic rings. The van der Waals surface area contributed by atoms with Gasteiger partial charge in [0.25, 0.3) is 0 Å². The highest BCUT2D eigenvalue weighted by molar-refractivity contribution is 7.93. The van der Waals surface area contributed by atoms with Crippen molar-refractivity contribution in [2.45, 2.75) is 30.8 Å². The van der Waals surface area contributed by atoms with Crippen molar-refractivity contribution in [1.29, 1.82) is 0 Å². The Morgan fingerprint density at radius 2 is 1.94 bits per heavy atom. The molecule has 0 saturated heterocycles. The van der Waals surface area contributed by atoms with Crippen LogP contribution in [0.1, 0.15) is 20.3 Å². The first-order chi connectivity index (χ1) is 8.10. The van der Waals surface area contributed by atoms with Crippen LogP contribution in [0.5, 0.6) is 0 Å². The van der Waals surface area contributed by atoms with E-state index in [2.05, 4.69) is 0 Å². The van der Waals surface area contributed by atoms with E-state index in [-0.39, 0.29) is 5.75 Å². The molecule has 1 rings (SSSR count). The lowest BCUT2D eigenvalue weighted by atomic mass is 10.5. The van der Waals surface area contributed by atoms with Crippen molar-refractivity contribution in [2.24, 2.45) is 0 Å². The summed E-state index contributed by atoms with van der Waals surface area (Å²) in [5, 5.41) is 1.76. The maximum atomic E-state index is 11.9. The zero-order valence-electron chi connectivity index (χ0n) is 10.1. The second-order valence-corrected chi connectivity index (χ2v) is 6.66. The van der Waals surface area contributed by atoms with E-state index in [1.165, 1.54) is 11.3 Å². The summed E-state index contributed by atoms with van der Waals surface area (Å²) in [6, 6.07) is 3.36. The summed E-state index contributed by atoms with van der Waals surface area (Å²) >= 11 is 1.24. The average Bonchev–Trinajstić information content (AvgIpc) is 2.81. The van der Waals surface area contributed by atoms with Crippen molar-refractivity contribution >= 4 is 21.2 Å². The lowest BCUT2D eigenvalue weighted by molar-refractivity contribution is -0.136. The highest BCUT2D eigenvalue weighted by Gasteiger charge is 2.18. The molecule has 98 valence electrons. The molecular weight excluding hydrogens is 260 g/mol. The Balaban J connectivity index is 2.53. The minimum absolute atomic E-state index is 0.0537. The van der Waals surface area contributed by atoms with Gasteiger partial charge < -0.3 is 9.47 Å². The van der Waals surface area contributed by atoms with E-state index in [1.807, 2.05) is 13.8 Å². The second-order valence-electron chi connectivity index (χ2n) is 3.38. The van der Waals surface area contributed by atoms with E-state index in [4.69, 9.17) is 9.47 Å². The molecule has 0 N–H and O–H groups in total. The van der Waals surface area contributed by atoms with Gasteiger partial charge in [-0.05, 0) is 25.3 Å². The number of thiophene rings is 1. The fourth-order valence-corrected chi connectivity index (χ4v) is 3.82. The van der Waals surface area contributed by atoms with Gasteiger partial charge in [-0.15, -0.1) is 11.3 Å². The maximum absolute atomic E-state index is 11.9. The first kappa shape index (κ1) is 14.6. The third-order valence-corrected chi connectivity index (χ3v) is 5.36. The highest BCUT2D eigenvalue weighted by atomic mass is 32.2. The molecular formula is C11H18O4S2. The zero-order valence-corrected chi connectivity index (χ0v) is 11.7. The number of hydrogen-bond donors (Lipinski definition) is 0. The van der Waals surface area contributed by atoms with Crippen LogP contribution >= 0.6 is 11.3 Å². The van der Waals surface area contributed by atoms with Crippen LogP contribution in [0.2, 0.25) is 0 Å². The van der Waals surface area contributed by atoms with E-state index in [1.54, 1.807) is 17.5 Å². The molecule has 0 radical (unpaired) electrons. The van der Waals surface area contributed by atoms with Crippen LogP contribution in [0.25, 0.3) is 0 Å². The van der Waals surface area contributed by atoms with Gasteiger partial charge in [0.15, 0.2) is 16.1 Å². The third-order valence-electron chi connectivity index (χ3n) is 2.13. The molecule has 0 spiro atoms. The number of sulfone groups is 1. The molecule has 0 fully saturated rings. The summed E-state index contributed by atoms with van der Waals surface area (Å²) in [4.78, 5) is 0. The predicted molar refractivity (Wildman–Crippen MR) is 68.0 cm³/mol. The van der Waals surface area contributed by atoms with E-state index in [0.29, 0.717) is 23.8 Å². The van der Waals surface area contributed by atoms with Gasteiger partial charge in [0.2, 0.25) is 0 Å². The second kappa shape index (κ2) is 7.10. The molecule has 17 heavy (non-hydrogen) atoms. The Bertz CT molecular complexity index is 391. The van der Waals surface area contributed by atoms with E-state index >= 15 is 0 Å². The summed E-state index contributed by atoms with van der Waals surface area (Å²) in [6.45, 7) is 4.76. The molecule has 0 saturated carbocycles. The lowest BCUT2D eigenvalue weighted by Gasteiger charge is -2.16. The van der Waals surface area contributed by atoms with E-state index in [0.717, 1.165) is 0 Å². The largest absolute Gasteiger partial charge is 0.353 e. The van der Waals surface area contributed by atoms with Crippen LogP contribution in [-0.4, -0.2) is 33.7 Å². The van der Waals surface area contributed by atoms with Crippen molar-refractivity contribution in [3.05, 3.63) is 17.5 Å². The van der Waals surface area contributed by atoms with Gasteiger partial charge >= 0.3 is 0 Å². The Morgan fingerprint density at radius 3 is 2.41 bits per heavy atom. The van der Waals surface area contributed by atoms with E-state index < -0.39 is 16.1 Å². The van der Waals surface area contributed by atoms with Crippen LogP contribution in [0, 0.1) is 0 Å². The van der Waals surface area contributed by atoms with Crippen LogP contribution in [0.3, 0.4) is 0 Å². The first-order valence-electron chi connectivity index (χ1n) is 5.59. The maximum Gasteiger partial charge on any atom is 0.187 e. The molecule has 6 heteroatoms. The van der Waals surface area contributed by atoms with Gasteiger partial charge in [-0.3, -0.25) is 0 Å². The van der Waals surface area contributed by atoms with Gasteiger partial charge in [-0.25, -0.2) is 8.42 Å². The van der Waals surface area contributed by atoms with Crippen molar-refractivity contribution in [3.8, 4) is 0 Å². The third kappa shape index (κ3) is 4.75. The zero-order chi connectivity index (χ0) is 12.7. The molecule has 0 aliphatic heterocycles. The number of ether oxygens (including phenoxy) is 2. The first-order valence-corrected chi connectivity index (χ1v) is 8.12. The normalized spacial score (nSPS) is 12.2. The Morgan fingerprint density at radius 1 is 1.29 bits per heavy atom. The Hall–Kier alpha value is -0.430. The van der Waals surface area contributed by atoms with Gasteiger partial charge in [0.05, 0.1) is 5.75 Å². The fourth-order valence-electron chi connectivity index (χ4n) is 1.38. The van der Waals surface area contributed by atoms with E-state index in [9.17, 15) is 8.42 Å². The van der Waals surface area contributed by atoms with Gasteiger partial charge in [0.1, 0.15) is 4.21 Å². The van der Waals surface area contributed by atoms with Gasteiger partial charge in [-0.1, -0.05) is 6.07 Å². The van der Waals surface area contributed by atoms with Crippen LogP contribution in [-0.2, 0) is 19.3 Å². The SMILES string of the molecule is CCOC(CCS(=O)(=O)c1cccs1)OCC. The Kier molecular flexibility index (Phi) is 6.11. The lowest BCUT2D eigenvalue weighted by Crippen LogP contribution is -2.21. The quantitative estimate of drug-likeness (QED) is 0.685.